The maximum Gasteiger partial charge on any atom is 0.340 e. The molecular formula is C22H25NO4. The van der Waals surface area contributed by atoms with Gasteiger partial charge >= 0.3 is 11.9 Å². The Balaban J connectivity index is 2.51. The van der Waals surface area contributed by atoms with E-state index < -0.39 is 11.9 Å². The molecule has 0 saturated heterocycles. The van der Waals surface area contributed by atoms with Crippen LogP contribution >= 0.6 is 0 Å². The molecule has 0 fully saturated rings. The van der Waals surface area contributed by atoms with Crippen LogP contribution < -0.4 is 5.73 Å². The highest BCUT2D eigenvalue weighted by atomic mass is 16.5. The molecule has 2 N–H and O–H groups in total. The predicted octanol–water partition coefficient (Wildman–Crippen LogP) is 4.27. The minimum atomic E-state index is -0.549. The Morgan fingerprint density at radius 2 is 1.37 bits per heavy atom. The zero-order chi connectivity index (χ0) is 19.8. The van der Waals surface area contributed by atoms with Gasteiger partial charge in [-0.1, -0.05) is 44.7 Å². The molecule has 2 aliphatic carbocycles. The quantitative estimate of drug-likeness (QED) is 0.428. The first-order valence-electron chi connectivity index (χ1n) is 9.21. The zero-order valence-electron chi connectivity index (χ0n) is 15.8. The number of hydrogen-bond acceptors (Lipinski definition) is 5. The highest BCUT2D eigenvalue weighted by molar-refractivity contribution is 6.15. The van der Waals surface area contributed by atoms with Crippen LogP contribution in [-0.2, 0) is 9.47 Å². The summed E-state index contributed by atoms with van der Waals surface area (Å²) in [5.41, 5.74) is 8.32. The molecule has 0 unspecified atom stereocenters. The third-order valence-corrected chi connectivity index (χ3v) is 4.26. The van der Waals surface area contributed by atoms with E-state index >= 15 is 0 Å². The second kappa shape index (κ2) is 9.63. The summed E-state index contributed by atoms with van der Waals surface area (Å²) in [5.74, 6) is 1.45. The number of esters is 2. The van der Waals surface area contributed by atoms with Gasteiger partial charge in [-0.05, 0) is 36.1 Å². The highest BCUT2D eigenvalue weighted by Crippen LogP contribution is 2.39. The van der Waals surface area contributed by atoms with E-state index in [4.69, 9.17) is 21.6 Å². The summed E-state index contributed by atoms with van der Waals surface area (Å²) < 4.78 is 10.6. The van der Waals surface area contributed by atoms with Crippen molar-refractivity contribution in [3.63, 3.8) is 0 Å². The van der Waals surface area contributed by atoms with E-state index in [1.54, 1.807) is 24.3 Å². The molecular weight excluding hydrogens is 342 g/mol. The fourth-order valence-electron chi connectivity index (χ4n) is 2.73. The van der Waals surface area contributed by atoms with Crippen LogP contribution in [0.1, 0.15) is 65.8 Å². The molecule has 27 heavy (non-hydrogen) atoms. The van der Waals surface area contributed by atoms with Gasteiger partial charge < -0.3 is 15.2 Å². The molecule has 5 heteroatoms. The van der Waals surface area contributed by atoms with Crippen molar-refractivity contribution in [2.45, 2.75) is 39.5 Å². The monoisotopic (exact) mass is 367 g/mol. The minimum Gasteiger partial charge on any atom is -0.462 e. The number of nitrogens with two attached hydrogens (primary N) is 1. The average Bonchev–Trinajstić information content (AvgIpc) is 2.78. The molecule has 2 rings (SSSR count). The first kappa shape index (κ1) is 20.3. The Morgan fingerprint density at radius 3 is 1.74 bits per heavy atom. The number of carbonyl (C=O) groups excluding carboxylic acids is 2. The molecule has 142 valence electrons. The van der Waals surface area contributed by atoms with Gasteiger partial charge in [0.05, 0.1) is 30.0 Å². The topological polar surface area (TPSA) is 78.6 Å². The number of ether oxygens (including phenoxy) is 2. The number of unbranched alkanes of at least 4 members (excludes halogenated alkanes) is 2. The first-order chi connectivity index (χ1) is 13.0. The number of nitrogen functional groups attached to an aromatic ring is 1. The molecule has 0 spiro atoms. The van der Waals surface area contributed by atoms with Crippen molar-refractivity contribution in [3.8, 4) is 23.5 Å². The second-order valence-electron chi connectivity index (χ2n) is 6.24. The molecule has 0 atom stereocenters. The molecule has 0 heterocycles. The van der Waals surface area contributed by atoms with Crippen LogP contribution in [0.2, 0.25) is 0 Å². The minimum absolute atomic E-state index is 0.0847. The summed E-state index contributed by atoms with van der Waals surface area (Å²) in [6.07, 6.45) is 8.78. The standard InChI is InChI=1S/C22H25NO4/c1-4-7-13-26-21(24)18-16-11-9-15(6-3)10-12-17(16)19(20(18)23)22(25)27-14-8-5-2/h3,9-12H,4-5,7-8,13-14,23H2,1-2H3. The van der Waals surface area contributed by atoms with E-state index in [0.717, 1.165) is 25.7 Å². The fourth-order valence-corrected chi connectivity index (χ4v) is 2.73. The summed E-state index contributed by atoms with van der Waals surface area (Å²) in [7, 11) is 0. The van der Waals surface area contributed by atoms with Gasteiger partial charge in [0.25, 0.3) is 0 Å². The highest BCUT2D eigenvalue weighted by Gasteiger charge is 2.30. The molecule has 0 amide bonds. The van der Waals surface area contributed by atoms with Crippen LogP contribution in [-0.4, -0.2) is 25.2 Å². The third kappa shape index (κ3) is 4.59. The lowest BCUT2D eigenvalue weighted by molar-refractivity contribution is 0.0499. The van der Waals surface area contributed by atoms with E-state index in [9.17, 15) is 9.59 Å². The Labute approximate surface area is 160 Å². The Hall–Kier alpha value is -3.00. The van der Waals surface area contributed by atoms with Crippen molar-refractivity contribution in [1.82, 2.24) is 0 Å². The molecule has 2 aliphatic rings. The van der Waals surface area contributed by atoms with Crippen LogP contribution in [0.3, 0.4) is 0 Å². The van der Waals surface area contributed by atoms with Crippen LogP contribution in [0.4, 0.5) is 5.69 Å². The number of anilines is 1. The molecule has 0 radical (unpaired) electrons. The van der Waals surface area contributed by atoms with E-state index in [0.29, 0.717) is 29.9 Å². The van der Waals surface area contributed by atoms with Crippen molar-refractivity contribution >= 4 is 17.6 Å². The SMILES string of the molecule is C#Cc1ccc2c(C(=O)OCCCC)c(N)c(C(=O)OCCCC)c-2cc1. The molecule has 5 nitrogen and oxygen atoms in total. The van der Waals surface area contributed by atoms with Crippen molar-refractivity contribution in [3.05, 3.63) is 41.0 Å². The lowest BCUT2D eigenvalue weighted by Crippen LogP contribution is -2.11. The third-order valence-electron chi connectivity index (χ3n) is 4.26. The molecule has 0 saturated carbocycles. The maximum absolute atomic E-state index is 12.6. The van der Waals surface area contributed by atoms with E-state index in [-0.39, 0.29) is 16.8 Å². The summed E-state index contributed by atoms with van der Waals surface area (Å²) >= 11 is 0. The number of rotatable bonds is 8. The summed E-state index contributed by atoms with van der Waals surface area (Å²) in [5, 5.41) is 0. The molecule has 0 aromatic rings. The van der Waals surface area contributed by atoms with Gasteiger partial charge in [-0.3, -0.25) is 0 Å². The number of terminal acetylenes is 1. The summed E-state index contributed by atoms with van der Waals surface area (Å²) in [6, 6.07) is 6.80. The van der Waals surface area contributed by atoms with Gasteiger partial charge in [0.1, 0.15) is 0 Å². The van der Waals surface area contributed by atoms with Crippen molar-refractivity contribution in [2.24, 2.45) is 0 Å². The van der Waals surface area contributed by atoms with Crippen LogP contribution in [0.25, 0.3) is 11.1 Å². The summed E-state index contributed by atoms with van der Waals surface area (Å²) in [4.78, 5) is 25.2. The number of fused-ring (bicyclic) bond motifs is 1. The molecule has 0 aliphatic heterocycles. The lowest BCUT2D eigenvalue weighted by atomic mass is 10.1. The Morgan fingerprint density at radius 1 is 0.926 bits per heavy atom. The van der Waals surface area contributed by atoms with Gasteiger partial charge in [-0.2, -0.15) is 0 Å². The van der Waals surface area contributed by atoms with Crippen molar-refractivity contribution in [1.29, 1.82) is 0 Å². The van der Waals surface area contributed by atoms with Gasteiger partial charge in [-0.25, -0.2) is 9.59 Å². The van der Waals surface area contributed by atoms with E-state index in [1.807, 2.05) is 13.8 Å². The lowest BCUT2D eigenvalue weighted by Gasteiger charge is -2.05. The van der Waals surface area contributed by atoms with E-state index in [1.165, 1.54) is 0 Å². The average molecular weight is 367 g/mol. The fraction of sp³-hybridized carbons (Fsp3) is 0.364. The second-order valence-corrected chi connectivity index (χ2v) is 6.24. The Kier molecular flexibility index (Phi) is 7.25. The summed E-state index contributed by atoms with van der Waals surface area (Å²) in [6.45, 7) is 4.61. The van der Waals surface area contributed by atoms with Gasteiger partial charge in [0, 0.05) is 5.56 Å². The van der Waals surface area contributed by atoms with Crippen LogP contribution in [0.15, 0.2) is 24.3 Å². The van der Waals surface area contributed by atoms with Crippen LogP contribution in [0, 0.1) is 12.3 Å². The van der Waals surface area contributed by atoms with Crippen molar-refractivity contribution < 1.29 is 19.1 Å². The van der Waals surface area contributed by atoms with Crippen molar-refractivity contribution in [2.75, 3.05) is 18.9 Å². The predicted molar refractivity (Wildman–Crippen MR) is 106 cm³/mol. The maximum atomic E-state index is 12.6. The van der Waals surface area contributed by atoms with Gasteiger partial charge in [0.15, 0.2) is 0 Å². The van der Waals surface area contributed by atoms with Gasteiger partial charge in [-0.15, -0.1) is 6.42 Å². The molecule has 0 bridgehead atoms. The zero-order valence-corrected chi connectivity index (χ0v) is 15.8. The molecule has 0 aromatic carbocycles. The molecule has 0 aromatic heterocycles. The number of hydrogen-bond donors (Lipinski definition) is 1. The van der Waals surface area contributed by atoms with Crippen LogP contribution in [0.5, 0.6) is 0 Å². The van der Waals surface area contributed by atoms with Gasteiger partial charge in [0.2, 0.25) is 0 Å². The largest absolute Gasteiger partial charge is 0.462 e. The number of carbonyl (C=O) groups is 2. The normalized spacial score (nSPS) is 10.4. The Bertz CT molecular complexity index is 775. The van der Waals surface area contributed by atoms with E-state index in [2.05, 4.69) is 5.92 Å². The first-order valence-corrected chi connectivity index (χ1v) is 9.21. The smallest absolute Gasteiger partial charge is 0.340 e.